The van der Waals surface area contributed by atoms with Crippen LogP contribution in [-0.4, -0.2) is 34.9 Å². The van der Waals surface area contributed by atoms with Crippen molar-refractivity contribution in [2.24, 2.45) is 0 Å². The van der Waals surface area contributed by atoms with E-state index in [1.165, 1.54) is 116 Å². The van der Waals surface area contributed by atoms with E-state index in [9.17, 15) is 15.0 Å². The summed E-state index contributed by atoms with van der Waals surface area (Å²) in [5.41, 5.74) is 0. The van der Waals surface area contributed by atoms with Crippen LogP contribution >= 0.6 is 0 Å². The number of allylic oxidation sites excluding steroid dienone is 21. The van der Waals surface area contributed by atoms with Crippen LogP contribution in [0.3, 0.4) is 0 Å². The fourth-order valence-corrected chi connectivity index (χ4v) is 7.64. The van der Waals surface area contributed by atoms with E-state index in [0.717, 1.165) is 103 Å². The lowest BCUT2D eigenvalue weighted by atomic mass is 10.0. The van der Waals surface area contributed by atoms with Gasteiger partial charge in [0, 0.05) is 6.42 Å². The molecule has 380 valence electrons. The van der Waals surface area contributed by atoms with Gasteiger partial charge in [-0.15, -0.1) is 0 Å². The van der Waals surface area contributed by atoms with Crippen molar-refractivity contribution in [3.63, 3.8) is 0 Å². The van der Waals surface area contributed by atoms with Gasteiger partial charge in [-0.05, 0) is 109 Å². The summed E-state index contributed by atoms with van der Waals surface area (Å²) < 4.78 is 0. The predicted molar refractivity (Wildman–Crippen MR) is 299 cm³/mol. The Morgan fingerprint density at radius 3 is 1.04 bits per heavy atom. The Hall–Kier alpha value is -3.47. The molecule has 0 fully saturated rings. The minimum atomic E-state index is -0.884. The van der Waals surface area contributed by atoms with E-state index >= 15 is 0 Å². The van der Waals surface area contributed by atoms with Crippen LogP contribution < -0.4 is 5.32 Å². The highest BCUT2D eigenvalue weighted by Crippen LogP contribution is 2.14. The zero-order valence-corrected chi connectivity index (χ0v) is 43.6. The molecular weight excluding hydrogens is 819 g/mol. The van der Waals surface area contributed by atoms with Crippen molar-refractivity contribution in [1.82, 2.24) is 5.32 Å². The largest absolute Gasteiger partial charge is 0.394 e. The predicted octanol–water partition coefficient (Wildman–Crippen LogP) is 18.6. The van der Waals surface area contributed by atoms with Gasteiger partial charge >= 0.3 is 0 Å². The third-order valence-corrected chi connectivity index (χ3v) is 11.8. The monoisotopic (exact) mass is 924 g/mol. The molecule has 0 heterocycles. The van der Waals surface area contributed by atoms with E-state index in [-0.39, 0.29) is 12.5 Å². The van der Waals surface area contributed by atoms with Crippen LogP contribution in [0.4, 0.5) is 0 Å². The first-order valence-corrected chi connectivity index (χ1v) is 27.9. The molecule has 2 atom stereocenters. The molecule has 0 bridgehead atoms. The Morgan fingerprint density at radius 1 is 0.373 bits per heavy atom. The Labute approximate surface area is 415 Å². The van der Waals surface area contributed by atoms with Gasteiger partial charge in [0.05, 0.1) is 18.8 Å². The molecule has 0 aliphatic heterocycles. The van der Waals surface area contributed by atoms with E-state index < -0.39 is 12.1 Å². The van der Waals surface area contributed by atoms with Gasteiger partial charge in [0.25, 0.3) is 0 Å². The second kappa shape index (κ2) is 56.9. The summed E-state index contributed by atoms with van der Waals surface area (Å²) in [6.45, 7) is 4.17. The second-order valence-electron chi connectivity index (χ2n) is 18.2. The maximum absolute atomic E-state index is 12.5. The summed E-state index contributed by atoms with van der Waals surface area (Å²) in [6.07, 6.45) is 88.8. The number of hydrogen-bond donors (Lipinski definition) is 3. The highest BCUT2D eigenvalue weighted by atomic mass is 16.3. The first kappa shape index (κ1) is 63.5. The summed E-state index contributed by atoms with van der Waals surface area (Å²) in [4.78, 5) is 12.5. The number of hydrogen-bond acceptors (Lipinski definition) is 3. The number of unbranched alkanes of at least 4 members (excludes halogenated alkanes) is 22. The lowest BCUT2D eigenvalue weighted by molar-refractivity contribution is -0.123. The van der Waals surface area contributed by atoms with Crippen molar-refractivity contribution < 1.29 is 15.0 Å². The third kappa shape index (κ3) is 53.4. The van der Waals surface area contributed by atoms with Crippen molar-refractivity contribution in [3.8, 4) is 0 Å². The molecule has 4 nitrogen and oxygen atoms in total. The third-order valence-electron chi connectivity index (χ3n) is 11.8. The van der Waals surface area contributed by atoms with E-state index in [1.54, 1.807) is 6.08 Å². The summed E-state index contributed by atoms with van der Waals surface area (Å²) in [6, 6.07) is -0.661. The lowest BCUT2D eigenvalue weighted by Crippen LogP contribution is -2.45. The molecule has 0 aliphatic rings. The van der Waals surface area contributed by atoms with Crippen molar-refractivity contribution in [3.05, 3.63) is 134 Å². The Kier molecular flexibility index (Phi) is 53.9. The van der Waals surface area contributed by atoms with E-state index in [4.69, 9.17) is 0 Å². The highest BCUT2D eigenvalue weighted by Gasteiger charge is 2.17. The standard InChI is InChI=1S/C63H105NO3/c1-3-5-7-9-11-13-15-17-19-21-23-25-27-28-29-30-31-32-33-34-35-36-37-39-41-43-45-47-49-51-53-55-57-59-63(67)64-61(60-65)62(66)58-56-54-52-50-48-46-44-42-40-38-26-24-22-20-18-16-14-12-10-8-6-4-2/h5,7,11,13,17,19,23,25,28-29,31-32,34-35,37,39-40,42,48,50,56,58,61-62,65-66H,3-4,6,8-10,12,14-16,18,20-22,24,26-27,30,33,36,38,41,43-47,49,51-55,57,59-60H2,1-2H3,(H,64,67)/b7-5-,13-11-,19-17-,25-23-,29-28-,32-31-,35-34-,39-37-,42-40+,50-48+,58-56+. The van der Waals surface area contributed by atoms with Crippen LogP contribution in [0.25, 0.3) is 0 Å². The lowest BCUT2D eigenvalue weighted by Gasteiger charge is -2.19. The van der Waals surface area contributed by atoms with Crippen LogP contribution in [0.2, 0.25) is 0 Å². The maximum atomic E-state index is 12.5. The zero-order valence-electron chi connectivity index (χ0n) is 43.6. The Morgan fingerprint density at radius 2 is 0.672 bits per heavy atom. The van der Waals surface area contributed by atoms with Crippen LogP contribution in [-0.2, 0) is 4.79 Å². The Bertz CT molecular complexity index is 1370. The van der Waals surface area contributed by atoms with Gasteiger partial charge in [0.2, 0.25) is 5.91 Å². The molecule has 0 radical (unpaired) electrons. The summed E-state index contributed by atoms with van der Waals surface area (Å²) >= 11 is 0. The average Bonchev–Trinajstić information content (AvgIpc) is 3.33. The number of carbonyl (C=O) groups excluding carboxylic acids is 1. The fourth-order valence-electron chi connectivity index (χ4n) is 7.64. The van der Waals surface area contributed by atoms with Gasteiger partial charge < -0.3 is 15.5 Å². The molecule has 0 rings (SSSR count). The van der Waals surface area contributed by atoms with Gasteiger partial charge in [-0.2, -0.15) is 0 Å². The van der Waals surface area contributed by atoms with E-state index in [1.807, 2.05) is 6.08 Å². The molecule has 3 N–H and O–H groups in total. The molecule has 0 saturated carbocycles. The SMILES string of the molecule is CC/C=C\C/C=C\C/C=C\C/C=C\C/C=C\C/C=C\C/C=C\C/C=C\CCCCCCCCCCC(=O)NC(CO)C(O)/C=C/CC/C=C/CC/C=C/CCCCCCCCCCCCCC. The topological polar surface area (TPSA) is 69.6 Å². The number of amides is 1. The summed E-state index contributed by atoms with van der Waals surface area (Å²) in [7, 11) is 0. The molecule has 2 unspecified atom stereocenters. The molecule has 0 aromatic carbocycles. The first-order valence-electron chi connectivity index (χ1n) is 27.9. The molecule has 0 aromatic heterocycles. The number of rotatable bonds is 49. The molecule has 4 heteroatoms. The van der Waals surface area contributed by atoms with Crippen molar-refractivity contribution in [2.45, 2.75) is 251 Å². The average molecular weight is 925 g/mol. The molecule has 0 spiro atoms. The van der Waals surface area contributed by atoms with Gasteiger partial charge in [-0.1, -0.05) is 257 Å². The number of carbonyl (C=O) groups is 1. The molecule has 0 saturated heterocycles. The van der Waals surface area contributed by atoms with Gasteiger partial charge in [0.15, 0.2) is 0 Å². The minimum Gasteiger partial charge on any atom is -0.394 e. The quantitative estimate of drug-likeness (QED) is 0.0421. The van der Waals surface area contributed by atoms with E-state index in [2.05, 4.69) is 141 Å². The highest BCUT2D eigenvalue weighted by molar-refractivity contribution is 5.76. The zero-order chi connectivity index (χ0) is 48.5. The van der Waals surface area contributed by atoms with E-state index in [0.29, 0.717) is 6.42 Å². The van der Waals surface area contributed by atoms with Crippen LogP contribution in [0.5, 0.6) is 0 Å². The first-order chi connectivity index (χ1) is 33.2. The Balaban J connectivity index is 3.67. The van der Waals surface area contributed by atoms with Gasteiger partial charge in [0.1, 0.15) is 0 Å². The smallest absolute Gasteiger partial charge is 0.220 e. The molecule has 1 amide bonds. The molecular formula is C63H105NO3. The summed E-state index contributed by atoms with van der Waals surface area (Å²) in [5.74, 6) is -0.0917. The molecule has 0 aromatic rings. The summed E-state index contributed by atoms with van der Waals surface area (Å²) in [5, 5.41) is 23.1. The molecule has 0 aliphatic carbocycles. The number of aliphatic hydroxyl groups excluding tert-OH is 2. The second-order valence-corrected chi connectivity index (χ2v) is 18.2. The van der Waals surface area contributed by atoms with Crippen molar-refractivity contribution >= 4 is 5.91 Å². The van der Waals surface area contributed by atoms with Crippen molar-refractivity contribution in [1.29, 1.82) is 0 Å². The van der Waals surface area contributed by atoms with Gasteiger partial charge in [-0.3, -0.25) is 4.79 Å². The van der Waals surface area contributed by atoms with Gasteiger partial charge in [-0.25, -0.2) is 0 Å². The van der Waals surface area contributed by atoms with Crippen LogP contribution in [0.15, 0.2) is 134 Å². The van der Waals surface area contributed by atoms with Crippen LogP contribution in [0, 0.1) is 0 Å². The van der Waals surface area contributed by atoms with Crippen LogP contribution in [0.1, 0.15) is 239 Å². The van der Waals surface area contributed by atoms with Crippen molar-refractivity contribution in [2.75, 3.05) is 6.61 Å². The number of nitrogens with one attached hydrogen (secondary N) is 1. The maximum Gasteiger partial charge on any atom is 0.220 e. The molecule has 67 heavy (non-hydrogen) atoms. The minimum absolute atomic E-state index is 0.0917. The normalized spacial score (nSPS) is 13.9. The number of aliphatic hydroxyl groups is 2. The fraction of sp³-hybridized carbons (Fsp3) is 0.635.